The molecule has 0 bridgehead atoms. The lowest BCUT2D eigenvalue weighted by Gasteiger charge is -2.19. The van der Waals surface area contributed by atoms with Gasteiger partial charge in [-0.1, -0.05) is 18.7 Å². The van der Waals surface area contributed by atoms with E-state index in [1.807, 2.05) is 32.3 Å². The molecule has 0 aliphatic heterocycles. The first-order valence-corrected chi connectivity index (χ1v) is 10.0. The van der Waals surface area contributed by atoms with Gasteiger partial charge in [0, 0.05) is 37.6 Å². The minimum absolute atomic E-state index is 0.232. The number of anilines is 2. The molecule has 30 heavy (non-hydrogen) atoms. The highest BCUT2D eigenvalue weighted by molar-refractivity contribution is 5.93. The second kappa shape index (κ2) is 9.39. The van der Waals surface area contributed by atoms with Gasteiger partial charge in [0.25, 0.3) is 0 Å². The van der Waals surface area contributed by atoms with Crippen molar-refractivity contribution in [1.82, 2.24) is 9.97 Å². The summed E-state index contributed by atoms with van der Waals surface area (Å²) in [6, 6.07) is 5.59. The van der Waals surface area contributed by atoms with Crippen LogP contribution in [0.3, 0.4) is 0 Å². The molecule has 2 aromatic rings. The van der Waals surface area contributed by atoms with E-state index >= 15 is 0 Å². The Morgan fingerprint density at radius 2 is 2.17 bits per heavy atom. The topological polar surface area (TPSA) is 78.4 Å². The third kappa shape index (κ3) is 4.76. The van der Waals surface area contributed by atoms with Gasteiger partial charge < -0.3 is 15.3 Å². The van der Waals surface area contributed by atoms with Gasteiger partial charge in [-0.2, -0.15) is 0 Å². The predicted molar refractivity (Wildman–Crippen MR) is 121 cm³/mol. The summed E-state index contributed by atoms with van der Waals surface area (Å²) in [6.07, 6.45) is 11.0. The number of rotatable bonds is 8. The maximum Gasteiger partial charge on any atom is 0.337 e. The van der Waals surface area contributed by atoms with E-state index in [1.54, 1.807) is 6.20 Å². The summed E-state index contributed by atoms with van der Waals surface area (Å²) in [5.74, 6) is 0.216. The number of allylic oxidation sites excluding steroid dienone is 4. The van der Waals surface area contributed by atoms with Crippen molar-refractivity contribution in [2.75, 3.05) is 23.8 Å². The van der Waals surface area contributed by atoms with Crippen LogP contribution in [0.1, 0.15) is 35.7 Å². The second-order valence-electron chi connectivity index (χ2n) is 7.57. The SMILES string of the molecule is C=CC1=C(/C=C(\C)N(C)c2ccc(C)cn2)CC[C@H]1CNc1cnccc1C(=O)O. The number of pyridine rings is 2. The number of hydrogen-bond donors (Lipinski definition) is 2. The molecule has 0 aromatic carbocycles. The van der Waals surface area contributed by atoms with Gasteiger partial charge >= 0.3 is 5.97 Å². The van der Waals surface area contributed by atoms with Gasteiger partial charge in [0.1, 0.15) is 5.82 Å². The lowest BCUT2D eigenvalue weighted by molar-refractivity contribution is 0.0698. The van der Waals surface area contributed by atoms with Gasteiger partial charge in [0.15, 0.2) is 0 Å². The van der Waals surface area contributed by atoms with E-state index in [4.69, 9.17) is 0 Å². The minimum atomic E-state index is -0.960. The van der Waals surface area contributed by atoms with Crippen molar-refractivity contribution < 1.29 is 9.90 Å². The fourth-order valence-electron chi connectivity index (χ4n) is 3.70. The van der Waals surface area contributed by atoms with Crippen LogP contribution in [0, 0.1) is 12.8 Å². The van der Waals surface area contributed by atoms with E-state index in [-0.39, 0.29) is 11.5 Å². The molecular weight excluding hydrogens is 376 g/mol. The molecule has 1 aliphatic rings. The molecule has 0 fully saturated rings. The number of aryl methyl sites for hydroxylation is 1. The molecule has 6 nitrogen and oxygen atoms in total. The van der Waals surface area contributed by atoms with Crippen LogP contribution in [-0.2, 0) is 0 Å². The maximum absolute atomic E-state index is 11.4. The summed E-state index contributed by atoms with van der Waals surface area (Å²) in [4.78, 5) is 22.0. The Morgan fingerprint density at radius 3 is 2.83 bits per heavy atom. The molecule has 6 heteroatoms. The van der Waals surface area contributed by atoms with Crippen molar-refractivity contribution in [2.24, 2.45) is 5.92 Å². The highest BCUT2D eigenvalue weighted by Crippen LogP contribution is 2.35. The van der Waals surface area contributed by atoms with Crippen molar-refractivity contribution in [1.29, 1.82) is 0 Å². The fraction of sp³-hybridized carbons (Fsp3) is 0.292. The van der Waals surface area contributed by atoms with Crippen LogP contribution in [0.25, 0.3) is 0 Å². The molecule has 2 heterocycles. The molecule has 2 aromatic heterocycles. The third-order valence-electron chi connectivity index (χ3n) is 5.53. The first-order valence-electron chi connectivity index (χ1n) is 10.0. The zero-order valence-corrected chi connectivity index (χ0v) is 17.7. The van der Waals surface area contributed by atoms with Crippen LogP contribution in [-0.4, -0.2) is 34.6 Å². The number of aromatic carboxylic acids is 1. The number of carbonyl (C=O) groups is 1. The largest absolute Gasteiger partial charge is 0.478 e. The van der Waals surface area contributed by atoms with Gasteiger partial charge in [-0.05, 0) is 61.6 Å². The molecule has 0 amide bonds. The zero-order chi connectivity index (χ0) is 21.7. The highest BCUT2D eigenvalue weighted by atomic mass is 16.4. The molecule has 0 saturated heterocycles. The average Bonchev–Trinajstić information content (AvgIpc) is 3.13. The van der Waals surface area contributed by atoms with Crippen molar-refractivity contribution in [3.8, 4) is 0 Å². The Morgan fingerprint density at radius 1 is 1.37 bits per heavy atom. The Hall–Kier alpha value is -3.41. The summed E-state index contributed by atoms with van der Waals surface area (Å²) in [5.41, 5.74) is 5.48. The standard InChI is InChI=1S/C24H28N4O2/c1-5-20-18(12-17(3)28(4)23-9-6-16(2)13-27-23)7-8-19(20)14-26-22-15-25-11-10-21(22)24(29)30/h5-6,9-13,15,19,26H,1,7-8,14H2,2-4H3,(H,29,30)/b17-12+/t19-/m0/s1. The second-order valence-corrected chi connectivity index (χ2v) is 7.57. The van der Waals surface area contributed by atoms with E-state index in [9.17, 15) is 9.90 Å². The van der Waals surface area contributed by atoms with E-state index in [0.29, 0.717) is 12.2 Å². The number of hydrogen-bond acceptors (Lipinski definition) is 5. The molecule has 1 aliphatic carbocycles. The number of carboxylic acids is 1. The Kier molecular flexibility index (Phi) is 6.67. The van der Waals surface area contributed by atoms with Crippen molar-refractivity contribution in [3.05, 3.63) is 83.5 Å². The van der Waals surface area contributed by atoms with Crippen LogP contribution in [0.5, 0.6) is 0 Å². The Balaban J connectivity index is 1.75. The number of nitrogens with one attached hydrogen (secondary N) is 1. The monoisotopic (exact) mass is 404 g/mol. The van der Waals surface area contributed by atoms with Crippen LogP contribution in [0.2, 0.25) is 0 Å². The fourth-order valence-corrected chi connectivity index (χ4v) is 3.70. The quantitative estimate of drug-likeness (QED) is 0.656. The van der Waals surface area contributed by atoms with Crippen LogP contribution >= 0.6 is 0 Å². The lowest BCUT2D eigenvalue weighted by atomic mass is 10.00. The van der Waals surface area contributed by atoms with Crippen molar-refractivity contribution >= 4 is 17.5 Å². The zero-order valence-electron chi connectivity index (χ0n) is 17.7. The molecule has 0 unspecified atom stereocenters. The normalized spacial score (nSPS) is 16.5. The first kappa shape index (κ1) is 21.3. The number of aromatic nitrogens is 2. The summed E-state index contributed by atoms with van der Waals surface area (Å²) >= 11 is 0. The van der Waals surface area contributed by atoms with Gasteiger partial charge in [-0.3, -0.25) is 4.98 Å². The van der Waals surface area contributed by atoms with E-state index in [2.05, 4.69) is 45.8 Å². The molecule has 0 saturated carbocycles. The molecular formula is C24H28N4O2. The van der Waals surface area contributed by atoms with Gasteiger partial charge in [-0.25, -0.2) is 9.78 Å². The molecule has 0 radical (unpaired) electrons. The maximum atomic E-state index is 11.4. The summed E-state index contributed by atoms with van der Waals surface area (Å²) in [6.45, 7) is 8.76. The molecule has 3 rings (SSSR count). The summed E-state index contributed by atoms with van der Waals surface area (Å²) < 4.78 is 0. The van der Waals surface area contributed by atoms with Crippen molar-refractivity contribution in [3.63, 3.8) is 0 Å². The lowest BCUT2D eigenvalue weighted by Crippen LogP contribution is -2.16. The van der Waals surface area contributed by atoms with E-state index in [0.717, 1.165) is 29.9 Å². The van der Waals surface area contributed by atoms with Crippen molar-refractivity contribution in [2.45, 2.75) is 26.7 Å². The molecule has 2 N–H and O–H groups in total. The number of nitrogens with zero attached hydrogens (tertiary/aromatic N) is 3. The summed E-state index contributed by atoms with van der Waals surface area (Å²) in [7, 11) is 2.02. The predicted octanol–water partition coefficient (Wildman–Crippen LogP) is 4.83. The first-order chi connectivity index (χ1) is 14.4. The molecule has 0 spiro atoms. The van der Waals surface area contributed by atoms with E-state index in [1.165, 1.54) is 23.4 Å². The van der Waals surface area contributed by atoms with E-state index < -0.39 is 5.97 Å². The van der Waals surface area contributed by atoms with Crippen LogP contribution in [0.15, 0.2) is 72.4 Å². The van der Waals surface area contributed by atoms with Crippen LogP contribution in [0.4, 0.5) is 11.5 Å². The highest BCUT2D eigenvalue weighted by Gasteiger charge is 2.23. The third-order valence-corrected chi connectivity index (χ3v) is 5.53. The van der Waals surface area contributed by atoms with Gasteiger partial charge in [-0.15, -0.1) is 0 Å². The smallest absolute Gasteiger partial charge is 0.337 e. The summed E-state index contributed by atoms with van der Waals surface area (Å²) in [5, 5.41) is 12.6. The molecule has 1 atom stereocenters. The van der Waals surface area contributed by atoms with Crippen LogP contribution < -0.4 is 10.2 Å². The van der Waals surface area contributed by atoms with Gasteiger partial charge in [0.05, 0.1) is 17.4 Å². The minimum Gasteiger partial charge on any atom is -0.478 e. The molecule has 156 valence electrons. The Labute approximate surface area is 177 Å². The van der Waals surface area contributed by atoms with Gasteiger partial charge in [0.2, 0.25) is 0 Å². The Bertz CT molecular complexity index is 993. The number of carboxylic acid groups (broad SMARTS) is 1. The average molecular weight is 405 g/mol.